The summed E-state index contributed by atoms with van der Waals surface area (Å²) >= 11 is 0. The molecule has 0 aromatic heterocycles. The maximum atomic E-state index is 5.89. The van der Waals surface area contributed by atoms with Crippen LogP contribution in [0.5, 0.6) is 5.75 Å². The van der Waals surface area contributed by atoms with Gasteiger partial charge in [0.05, 0.1) is 6.61 Å². The summed E-state index contributed by atoms with van der Waals surface area (Å²) in [6.45, 7) is 1.73. The van der Waals surface area contributed by atoms with E-state index in [2.05, 4.69) is 18.2 Å². The molecule has 0 amide bonds. The fraction of sp³-hybridized carbons (Fsp3) is 0.684. The van der Waals surface area contributed by atoms with E-state index in [0.29, 0.717) is 5.41 Å². The standard InChI is InChI=1S/C19H29NO/c20-13-12-19(9-2-1-3-10-19)11-8-16-6-7-18-17(15-16)5-4-14-21-18/h6-7,15H,1-5,8-14,20H2. The average molecular weight is 287 g/mol. The van der Waals surface area contributed by atoms with Crippen molar-refractivity contribution >= 4 is 0 Å². The third kappa shape index (κ3) is 3.60. The van der Waals surface area contributed by atoms with Gasteiger partial charge in [-0.05, 0) is 74.1 Å². The van der Waals surface area contributed by atoms with E-state index in [4.69, 9.17) is 10.5 Å². The molecular weight excluding hydrogens is 258 g/mol. The van der Waals surface area contributed by atoms with Crippen molar-refractivity contribution in [3.63, 3.8) is 0 Å². The van der Waals surface area contributed by atoms with Crippen molar-refractivity contribution in [2.24, 2.45) is 11.1 Å². The highest BCUT2D eigenvalue weighted by Gasteiger charge is 2.30. The number of ether oxygens (including phenoxy) is 1. The summed E-state index contributed by atoms with van der Waals surface area (Å²) in [5, 5.41) is 0. The molecule has 1 saturated carbocycles. The van der Waals surface area contributed by atoms with E-state index in [1.165, 1.54) is 68.9 Å². The Kier molecular flexibility index (Phi) is 4.84. The fourth-order valence-electron chi connectivity index (χ4n) is 4.21. The van der Waals surface area contributed by atoms with Crippen molar-refractivity contribution in [3.8, 4) is 5.75 Å². The number of hydrogen-bond donors (Lipinski definition) is 1. The van der Waals surface area contributed by atoms with Gasteiger partial charge in [0.25, 0.3) is 0 Å². The molecule has 0 unspecified atom stereocenters. The van der Waals surface area contributed by atoms with Crippen LogP contribution < -0.4 is 10.5 Å². The smallest absolute Gasteiger partial charge is 0.122 e. The zero-order valence-corrected chi connectivity index (χ0v) is 13.2. The van der Waals surface area contributed by atoms with Gasteiger partial charge in [0.2, 0.25) is 0 Å². The molecule has 1 fully saturated rings. The summed E-state index contributed by atoms with van der Waals surface area (Å²) in [6.07, 6.45) is 13.1. The zero-order chi connectivity index (χ0) is 14.5. The van der Waals surface area contributed by atoms with Crippen molar-refractivity contribution in [1.82, 2.24) is 0 Å². The van der Waals surface area contributed by atoms with E-state index in [0.717, 1.165) is 25.3 Å². The molecule has 1 aliphatic heterocycles. The van der Waals surface area contributed by atoms with E-state index >= 15 is 0 Å². The Morgan fingerprint density at radius 3 is 2.71 bits per heavy atom. The lowest BCUT2D eigenvalue weighted by Gasteiger charge is -2.37. The van der Waals surface area contributed by atoms with Gasteiger partial charge >= 0.3 is 0 Å². The van der Waals surface area contributed by atoms with Crippen LogP contribution in [0, 0.1) is 5.41 Å². The summed E-state index contributed by atoms with van der Waals surface area (Å²) in [6, 6.07) is 6.83. The summed E-state index contributed by atoms with van der Waals surface area (Å²) < 4.78 is 5.71. The van der Waals surface area contributed by atoms with Crippen LogP contribution in [-0.2, 0) is 12.8 Å². The van der Waals surface area contributed by atoms with Gasteiger partial charge in [0.15, 0.2) is 0 Å². The van der Waals surface area contributed by atoms with Crippen LogP contribution in [0.1, 0.15) is 62.5 Å². The number of benzene rings is 1. The molecule has 2 nitrogen and oxygen atoms in total. The monoisotopic (exact) mass is 287 g/mol. The SMILES string of the molecule is NCCC1(CCc2ccc3c(c2)CCCO3)CCCCC1. The van der Waals surface area contributed by atoms with Crippen LogP contribution in [0.4, 0.5) is 0 Å². The van der Waals surface area contributed by atoms with Crippen LogP contribution in [0.15, 0.2) is 18.2 Å². The molecular formula is C19H29NO. The minimum absolute atomic E-state index is 0.527. The van der Waals surface area contributed by atoms with Gasteiger partial charge in [-0.1, -0.05) is 31.4 Å². The zero-order valence-electron chi connectivity index (χ0n) is 13.2. The molecule has 0 atom stereocenters. The highest BCUT2D eigenvalue weighted by Crippen LogP contribution is 2.43. The van der Waals surface area contributed by atoms with Gasteiger partial charge in [0, 0.05) is 0 Å². The molecule has 2 aliphatic rings. The summed E-state index contributed by atoms with van der Waals surface area (Å²) in [4.78, 5) is 0. The highest BCUT2D eigenvalue weighted by molar-refractivity contribution is 5.38. The van der Waals surface area contributed by atoms with Crippen molar-refractivity contribution in [2.45, 2.75) is 64.2 Å². The summed E-state index contributed by atoms with van der Waals surface area (Å²) in [5.74, 6) is 1.11. The molecule has 2 N–H and O–H groups in total. The first kappa shape index (κ1) is 14.9. The summed E-state index contributed by atoms with van der Waals surface area (Å²) in [7, 11) is 0. The Hall–Kier alpha value is -1.02. The molecule has 0 saturated heterocycles. The molecule has 1 heterocycles. The normalized spacial score (nSPS) is 20.6. The second-order valence-electron chi connectivity index (χ2n) is 6.99. The Morgan fingerprint density at radius 2 is 1.90 bits per heavy atom. The second kappa shape index (κ2) is 6.83. The third-order valence-corrected chi connectivity index (χ3v) is 5.51. The van der Waals surface area contributed by atoms with Gasteiger partial charge in [-0.3, -0.25) is 0 Å². The van der Waals surface area contributed by atoms with Crippen molar-refractivity contribution in [1.29, 1.82) is 0 Å². The first-order valence-electron chi connectivity index (χ1n) is 8.76. The van der Waals surface area contributed by atoms with Crippen molar-refractivity contribution in [2.75, 3.05) is 13.2 Å². The first-order valence-corrected chi connectivity index (χ1v) is 8.76. The lowest BCUT2D eigenvalue weighted by atomic mass is 9.68. The molecule has 2 heteroatoms. The second-order valence-corrected chi connectivity index (χ2v) is 6.99. The molecule has 0 radical (unpaired) electrons. The molecule has 1 aromatic carbocycles. The van der Waals surface area contributed by atoms with Gasteiger partial charge in [0.1, 0.15) is 5.75 Å². The van der Waals surface area contributed by atoms with Gasteiger partial charge in [-0.25, -0.2) is 0 Å². The maximum absolute atomic E-state index is 5.89. The topological polar surface area (TPSA) is 35.2 Å². The van der Waals surface area contributed by atoms with E-state index in [1.54, 1.807) is 0 Å². The number of nitrogens with two attached hydrogens (primary N) is 1. The van der Waals surface area contributed by atoms with Gasteiger partial charge in [-0.2, -0.15) is 0 Å². The number of hydrogen-bond acceptors (Lipinski definition) is 2. The molecule has 21 heavy (non-hydrogen) atoms. The van der Waals surface area contributed by atoms with Crippen LogP contribution in [0.3, 0.4) is 0 Å². The third-order valence-electron chi connectivity index (χ3n) is 5.51. The van der Waals surface area contributed by atoms with Gasteiger partial charge in [-0.15, -0.1) is 0 Å². The van der Waals surface area contributed by atoms with Gasteiger partial charge < -0.3 is 10.5 Å². The fourth-order valence-corrected chi connectivity index (χ4v) is 4.21. The predicted octanol–water partition coefficient (Wildman–Crippen LogP) is 4.24. The minimum atomic E-state index is 0.527. The van der Waals surface area contributed by atoms with E-state index in [-0.39, 0.29) is 0 Å². The van der Waals surface area contributed by atoms with Crippen LogP contribution >= 0.6 is 0 Å². The Balaban J connectivity index is 1.65. The van der Waals surface area contributed by atoms with E-state index in [1.807, 2.05) is 0 Å². The average Bonchev–Trinajstić information content (AvgIpc) is 2.54. The Bertz CT molecular complexity index is 457. The van der Waals surface area contributed by atoms with Crippen molar-refractivity contribution in [3.05, 3.63) is 29.3 Å². The predicted molar refractivity (Wildman–Crippen MR) is 87.8 cm³/mol. The van der Waals surface area contributed by atoms with E-state index in [9.17, 15) is 0 Å². The molecule has 0 bridgehead atoms. The number of fused-ring (bicyclic) bond motifs is 1. The lowest BCUT2D eigenvalue weighted by molar-refractivity contribution is 0.161. The van der Waals surface area contributed by atoms with Crippen molar-refractivity contribution < 1.29 is 4.74 Å². The van der Waals surface area contributed by atoms with Crippen LogP contribution in [0.25, 0.3) is 0 Å². The first-order chi connectivity index (χ1) is 10.3. The maximum Gasteiger partial charge on any atom is 0.122 e. The van der Waals surface area contributed by atoms with Crippen LogP contribution in [-0.4, -0.2) is 13.2 Å². The number of rotatable bonds is 5. The lowest BCUT2D eigenvalue weighted by Crippen LogP contribution is -2.28. The quantitative estimate of drug-likeness (QED) is 0.879. The van der Waals surface area contributed by atoms with E-state index < -0.39 is 0 Å². The molecule has 0 spiro atoms. The Morgan fingerprint density at radius 1 is 1.05 bits per heavy atom. The number of aryl methyl sites for hydroxylation is 2. The largest absolute Gasteiger partial charge is 0.493 e. The van der Waals surface area contributed by atoms with Crippen LogP contribution in [0.2, 0.25) is 0 Å². The minimum Gasteiger partial charge on any atom is -0.493 e. The molecule has 1 aromatic rings. The highest BCUT2D eigenvalue weighted by atomic mass is 16.5. The molecule has 116 valence electrons. The summed E-state index contributed by atoms with van der Waals surface area (Å²) in [5.41, 5.74) is 9.31. The molecule has 3 rings (SSSR count). The Labute approximate surface area is 129 Å². The molecule has 1 aliphatic carbocycles.